The van der Waals surface area contributed by atoms with E-state index in [9.17, 15) is 9.59 Å². The van der Waals surface area contributed by atoms with Crippen LogP contribution in [-0.2, 0) is 9.59 Å². The molecule has 0 aliphatic heterocycles. The Morgan fingerprint density at radius 3 is 2.60 bits per heavy atom. The minimum absolute atomic E-state index is 0.0554. The number of methoxy groups -OCH3 is 1. The van der Waals surface area contributed by atoms with Crippen LogP contribution in [0.4, 0.5) is 0 Å². The maximum absolute atomic E-state index is 12.2. The summed E-state index contributed by atoms with van der Waals surface area (Å²) in [7, 11) is 1.54. The van der Waals surface area contributed by atoms with Crippen LogP contribution in [0.5, 0.6) is 11.5 Å². The van der Waals surface area contributed by atoms with Crippen molar-refractivity contribution in [1.82, 2.24) is 5.32 Å². The van der Waals surface area contributed by atoms with Gasteiger partial charge in [-0.3, -0.25) is 9.59 Å². The van der Waals surface area contributed by atoms with E-state index in [1.54, 1.807) is 13.2 Å². The lowest BCUT2D eigenvalue weighted by Gasteiger charge is -2.28. The monoisotopic (exact) mass is 347 g/mol. The number of nitrogens with one attached hydrogen (secondary N) is 1. The lowest BCUT2D eigenvalue weighted by Crippen LogP contribution is -2.49. The first-order chi connectivity index (χ1) is 12.0. The Kier molecular flexibility index (Phi) is 6.44. The molecule has 136 valence electrons. The molecule has 0 bridgehead atoms. The number of carbonyl (C=O) groups is 2. The lowest BCUT2D eigenvalue weighted by molar-refractivity contribution is -0.139. The molecule has 1 aliphatic carbocycles. The third kappa shape index (κ3) is 5.24. The van der Waals surface area contributed by atoms with Gasteiger partial charge in [0.2, 0.25) is 0 Å². The fourth-order valence-electron chi connectivity index (χ4n) is 3.26. The van der Waals surface area contributed by atoms with Crippen LogP contribution < -0.4 is 14.8 Å². The van der Waals surface area contributed by atoms with Crippen LogP contribution in [0.2, 0.25) is 0 Å². The highest BCUT2D eigenvalue weighted by Crippen LogP contribution is 2.33. The number of hydrogen-bond acceptors (Lipinski definition) is 4. The van der Waals surface area contributed by atoms with Crippen LogP contribution in [0.1, 0.15) is 44.6 Å². The second-order valence-corrected chi connectivity index (χ2v) is 6.31. The molecule has 1 saturated carbocycles. The molecule has 2 N–H and O–H groups in total. The number of carboxylic acid groups (broad SMARTS) is 1. The SMILES string of the molecule is C/C=C/c1ccc(OCC(=O)NC2(CC(=O)O)CCCC2)c(OC)c1. The molecule has 0 atom stereocenters. The van der Waals surface area contributed by atoms with Gasteiger partial charge >= 0.3 is 5.97 Å². The molecule has 0 aromatic heterocycles. The first kappa shape index (κ1) is 18.8. The summed E-state index contributed by atoms with van der Waals surface area (Å²) >= 11 is 0. The van der Waals surface area contributed by atoms with E-state index in [-0.39, 0.29) is 18.9 Å². The third-order valence-electron chi connectivity index (χ3n) is 4.36. The van der Waals surface area contributed by atoms with Crippen LogP contribution in [0.3, 0.4) is 0 Å². The Morgan fingerprint density at radius 1 is 1.28 bits per heavy atom. The summed E-state index contributed by atoms with van der Waals surface area (Å²) in [6.45, 7) is 1.75. The second-order valence-electron chi connectivity index (χ2n) is 6.31. The third-order valence-corrected chi connectivity index (χ3v) is 4.36. The number of allylic oxidation sites excluding steroid dienone is 1. The standard InChI is InChI=1S/C19H25NO5/c1-3-6-14-7-8-15(16(11-14)24-2)25-13-17(21)20-19(12-18(22)23)9-4-5-10-19/h3,6-8,11H,4-5,9-10,12-13H2,1-2H3,(H,20,21)(H,22,23)/b6-3+. The molecule has 0 spiro atoms. The minimum Gasteiger partial charge on any atom is -0.493 e. The van der Waals surface area contributed by atoms with Crippen molar-refractivity contribution in [3.63, 3.8) is 0 Å². The average Bonchev–Trinajstić information content (AvgIpc) is 3.00. The van der Waals surface area contributed by atoms with E-state index in [4.69, 9.17) is 14.6 Å². The second kappa shape index (κ2) is 8.55. The van der Waals surface area contributed by atoms with E-state index in [0.29, 0.717) is 24.3 Å². The molecule has 0 radical (unpaired) electrons. The zero-order valence-electron chi connectivity index (χ0n) is 14.7. The van der Waals surface area contributed by atoms with Crippen molar-refractivity contribution < 1.29 is 24.2 Å². The summed E-state index contributed by atoms with van der Waals surface area (Å²) in [5, 5.41) is 12.0. The van der Waals surface area contributed by atoms with Crippen molar-refractivity contribution in [1.29, 1.82) is 0 Å². The van der Waals surface area contributed by atoms with Gasteiger partial charge in [0.1, 0.15) is 0 Å². The van der Waals surface area contributed by atoms with Crippen molar-refractivity contribution in [3.8, 4) is 11.5 Å². The first-order valence-electron chi connectivity index (χ1n) is 8.44. The van der Waals surface area contributed by atoms with Crippen molar-refractivity contribution >= 4 is 18.0 Å². The number of benzene rings is 1. The Bertz CT molecular complexity index is 647. The summed E-state index contributed by atoms with van der Waals surface area (Å²) in [6.07, 6.45) is 7.03. The van der Waals surface area contributed by atoms with Crippen LogP contribution >= 0.6 is 0 Å². The van der Waals surface area contributed by atoms with Gasteiger partial charge in [0.15, 0.2) is 18.1 Å². The predicted octanol–water partition coefficient (Wildman–Crippen LogP) is 3.01. The van der Waals surface area contributed by atoms with E-state index in [0.717, 1.165) is 18.4 Å². The Balaban J connectivity index is 1.98. The van der Waals surface area contributed by atoms with Crippen LogP contribution in [0.15, 0.2) is 24.3 Å². The molecule has 0 heterocycles. The van der Waals surface area contributed by atoms with Crippen molar-refractivity contribution in [2.45, 2.75) is 44.6 Å². The summed E-state index contributed by atoms with van der Waals surface area (Å²) in [6, 6.07) is 5.46. The molecule has 1 aliphatic rings. The van der Waals surface area contributed by atoms with E-state index in [1.807, 2.05) is 31.2 Å². The number of carboxylic acids is 1. The Labute approximate surface area is 147 Å². The average molecular weight is 347 g/mol. The highest BCUT2D eigenvalue weighted by Gasteiger charge is 2.37. The molecule has 0 unspecified atom stereocenters. The summed E-state index contributed by atoms with van der Waals surface area (Å²) in [5.74, 6) is -0.193. The van der Waals surface area contributed by atoms with Gasteiger partial charge in [-0.05, 0) is 37.5 Å². The van der Waals surface area contributed by atoms with E-state index in [2.05, 4.69) is 5.32 Å². The van der Waals surface area contributed by atoms with Gasteiger partial charge in [-0.25, -0.2) is 0 Å². The maximum atomic E-state index is 12.2. The van der Waals surface area contributed by atoms with Gasteiger partial charge < -0.3 is 19.9 Å². The van der Waals surface area contributed by atoms with Gasteiger partial charge in [0.05, 0.1) is 19.1 Å². The number of carbonyl (C=O) groups excluding carboxylic acids is 1. The molecule has 25 heavy (non-hydrogen) atoms. The normalized spacial score (nSPS) is 15.9. The van der Waals surface area contributed by atoms with Crippen LogP contribution in [0, 0.1) is 0 Å². The number of amides is 1. The quantitative estimate of drug-likeness (QED) is 0.755. The number of rotatable bonds is 8. The smallest absolute Gasteiger partial charge is 0.305 e. The molecule has 1 amide bonds. The van der Waals surface area contributed by atoms with Gasteiger partial charge in [0, 0.05) is 0 Å². The molecule has 6 heteroatoms. The van der Waals surface area contributed by atoms with Crippen LogP contribution in [-0.4, -0.2) is 36.2 Å². The van der Waals surface area contributed by atoms with Crippen molar-refractivity contribution in [3.05, 3.63) is 29.8 Å². The first-order valence-corrected chi connectivity index (χ1v) is 8.44. The minimum atomic E-state index is -0.899. The number of hydrogen-bond donors (Lipinski definition) is 2. The predicted molar refractivity (Wildman–Crippen MR) is 94.8 cm³/mol. The highest BCUT2D eigenvalue weighted by molar-refractivity contribution is 5.80. The Morgan fingerprint density at radius 2 is 2.00 bits per heavy atom. The van der Waals surface area contributed by atoms with Crippen molar-refractivity contribution in [2.75, 3.05) is 13.7 Å². The Hall–Kier alpha value is -2.50. The largest absolute Gasteiger partial charge is 0.493 e. The summed E-state index contributed by atoms with van der Waals surface area (Å²) < 4.78 is 10.9. The fraction of sp³-hybridized carbons (Fsp3) is 0.474. The topological polar surface area (TPSA) is 84.9 Å². The molecular weight excluding hydrogens is 322 g/mol. The fourth-order valence-corrected chi connectivity index (χ4v) is 3.26. The molecule has 1 aromatic carbocycles. The zero-order chi connectivity index (χ0) is 18.3. The van der Waals surface area contributed by atoms with Crippen molar-refractivity contribution in [2.24, 2.45) is 0 Å². The van der Waals surface area contributed by atoms with Gasteiger partial charge in [-0.1, -0.05) is 31.1 Å². The molecule has 0 saturated heterocycles. The van der Waals surface area contributed by atoms with Gasteiger partial charge in [-0.2, -0.15) is 0 Å². The van der Waals surface area contributed by atoms with E-state index in [1.165, 1.54) is 0 Å². The zero-order valence-corrected chi connectivity index (χ0v) is 14.7. The number of aliphatic carboxylic acids is 1. The lowest BCUT2D eigenvalue weighted by atomic mass is 9.93. The maximum Gasteiger partial charge on any atom is 0.305 e. The van der Waals surface area contributed by atoms with Gasteiger partial charge in [0.25, 0.3) is 5.91 Å². The molecule has 1 fully saturated rings. The summed E-state index contributed by atoms with van der Waals surface area (Å²) in [5.41, 5.74) is 0.328. The van der Waals surface area contributed by atoms with Crippen LogP contribution in [0.25, 0.3) is 6.08 Å². The van der Waals surface area contributed by atoms with E-state index < -0.39 is 11.5 Å². The van der Waals surface area contributed by atoms with E-state index >= 15 is 0 Å². The molecule has 1 aromatic rings. The summed E-state index contributed by atoms with van der Waals surface area (Å²) in [4.78, 5) is 23.3. The molecule has 2 rings (SSSR count). The number of ether oxygens (including phenoxy) is 2. The van der Waals surface area contributed by atoms with Gasteiger partial charge in [-0.15, -0.1) is 0 Å². The molecular formula is C19H25NO5. The highest BCUT2D eigenvalue weighted by atomic mass is 16.5. The molecule has 6 nitrogen and oxygen atoms in total.